The fourth-order valence-electron chi connectivity index (χ4n) is 1.51. The quantitative estimate of drug-likeness (QED) is 0.771. The number of carbonyl (C=O) groups excluding carboxylic acids is 1. The Bertz CT molecular complexity index is 349. The number of nitrogen functional groups attached to an aromatic ring is 1. The number of rotatable bonds is 5. The van der Waals surface area contributed by atoms with E-state index >= 15 is 0 Å². The first-order valence-corrected chi connectivity index (χ1v) is 5.91. The lowest BCUT2D eigenvalue weighted by molar-refractivity contribution is 0.142. The molecular formula is C13H20N2O2. The second-order valence-electron chi connectivity index (χ2n) is 4.24. The lowest BCUT2D eigenvalue weighted by Gasteiger charge is -2.11. The maximum atomic E-state index is 11.4. The first-order valence-electron chi connectivity index (χ1n) is 5.91. The van der Waals surface area contributed by atoms with Gasteiger partial charge in [-0.2, -0.15) is 0 Å². The first kappa shape index (κ1) is 13.4. The summed E-state index contributed by atoms with van der Waals surface area (Å²) in [6, 6.07) is 6.95. The Balaban J connectivity index is 2.32. The van der Waals surface area contributed by atoms with Crippen molar-refractivity contribution in [2.45, 2.75) is 26.7 Å². The molecule has 4 heteroatoms. The van der Waals surface area contributed by atoms with E-state index in [-0.39, 0.29) is 0 Å². The highest BCUT2D eigenvalue weighted by atomic mass is 16.5. The molecule has 3 N–H and O–H groups in total. The number of anilines is 2. The lowest BCUT2D eigenvalue weighted by atomic mass is 10.1. The number of hydrogen-bond acceptors (Lipinski definition) is 3. The van der Waals surface area contributed by atoms with Gasteiger partial charge in [0.15, 0.2) is 0 Å². The number of hydrogen-bond donors (Lipinski definition) is 2. The summed E-state index contributed by atoms with van der Waals surface area (Å²) in [5.74, 6) is 0.400. The second-order valence-corrected chi connectivity index (χ2v) is 4.24. The topological polar surface area (TPSA) is 64.3 Å². The van der Waals surface area contributed by atoms with E-state index in [0.717, 1.165) is 12.8 Å². The molecule has 1 aromatic carbocycles. The van der Waals surface area contributed by atoms with Gasteiger partial charge < -0.3 is 10.5 Å². The summed E-state index contributed by atoms with van der Waals surface area (Å²) in [5, 5.41) is 2.65. The summed E-state index contributed by atoms with van der Waals surface area (Å²) >= 11 is 0. The molecule has 0 saturated carbocycles. The third-order valence-corrected chi connectivity index (χ3v) is 2.44. The van der Waals surface area contributed by atoms with Gasteiger partial charge in [0.05, 0.1) is 6.61 Å². The minimum atomic E-state index is -0.419. The molecule has 1 unspecified atom stereocenters. The van der Waals surface area contributed by atoms with Crippen LogP contribution in [0.25, 0.3) is 0 Å². The molecule has 94 valence electrons. The van der Waals surface area contributed by atoms with Crippen LogP contribution < -0.4 is 11.1 Å². The van der Waals surface area contributed by atoms with Gasteiger partial charge >= 0.3 is 6.09 Å². The predicted octanol–water partition coefficient (Wildman–Crippen LogP) is 3.25. The summed E-state index contributed by atoms with van der Waals surface area (Å²) in [4.78, 5) is 11.4. The number of ether oxygens (including phenoxy) is 1. The Kier molecular flexibility index (Phi) is 5.33. The fourth-order valence-corrected chi connectivity index (χ4v) is 1.51. The van der Waals surface area contributed by atoms with Crippen LogP contribution in [0.4, 0.5) is 16.2 Å². The third-order valence-electron chi connectivity index (χ3n) is 2.44. The van der Waals surface area contributed by atoms with Gasteiger partial charge in [-0.05, 0) is 36.6 Å². The van der Waals surface area contributed by atoms with Gasteiger partial charge in [0.1, 0.15) is 0 Å². The van der Waals surface area contributed by atoms with E-state index in [1.165, 1.54) is 0 Å². The van der Waals surface area contributed by atoms with E-state index in [9.17, 15) is 4.79 Å². The summed E-state index contributed by atoms with van der Waals surface area (Å²) in [5.41, 5.74) is 6.90. The zero-order valence-electron chi connectivity index (χ0n) is 10.4. The normalized spacial score (nSPS) is 11.9. The molecule has 0 aromatic heterocycles. The maximum absolute atomic E-state index is 11.4. The zero-order valence-corrected chi connectivity index (χ0v) is 10.4. The SMILES string of the molecule is CCCC(C)COC(=O)Nc1ccc(N)cc1. The molecule has 17 heavy (non-hydrogen) atoms. The molecule has 0 radical (unpaired) electrons. The monoisotopic (exact) mass is 236 g/mol. The van der Waals surface area contributed by atoms with E-state index in [1.807, 2.05) is 0 Å². The molecule has 0 aliphatic carbocycles. The van der Waals surface area contributed by atoms with Crippen molar-refractivity contribution in [3.05, 3.63) is 24.3 Å². The van der Waals surface area contributed by atoms with Crippen LogP contribution in [0.3, 0.4) is 0 Å². The van der Waals surface area contributed by atoms with Crippen LogP contribution in [0, 0.1) is 5.92 Å². The van der Waals surface area contributed by atoms with Crippen molar-refractivity contribution in [1.29, 1.82) is 0 Å². The number of carbonyl (C=O) groups is 1. The van der Waals surface area contributed by atoms with Crippen LogP contribution in [0.2, 0.25) is 0 Å². The van der Waals surface area contributed by atoms with Crippen molar-refractivity contribution in [1.82, 2.24) is 0 Å². The Hall–Kier alpha value is -1.71. The minimum Gasteiger partial charge on any atom is -0.449 e. The van der Waals surface area contributed by atoms with Crippen LogP contribution in [0.15, 0.2) is 24.3 Å². The standard InChI is InChI=1S/C13H20N2O2/c1-3-4-10(2)9-17-13(16)15-12-7-5-11(14)6-8-12/h5-8,10H,3-4,9,14H2,1-2H3,(H,15,16). The molecule has 0 aliphatic heterocycles. The van der Waals surface area contributed by atoms with Gasteiger partial charge in [-0.15, -0.1) is 0 Å². The molecule has 1 rings (SSSR count). The number of benzene rings is 1. The summed E-state index contributed by atoms with van der Waals surface area (Å²) < 4.78 is 5.11. The molecule has 4 nitrogen and oxygen atoms in total. The van der Waals surface area contributed by atoms with Crippen molar-refractivity contribution in [2.75, 3.05) is 17.7 Å². The molecule has 0 fully saturated rings. The van der Waals surface area contributed by atoms with Crippen LogP contribution in [0.5, 0.6) is 0 Å². The van der Waals surface area contributed by atoms with Gasteiger partial charge in [-0.3, -0.25) is 5.32 Å². The van der Waals surface area contributed by atoms with Crippen molar-refractivity contribution in [3.8, 4) is 0 Å². The van der Waals surface area contributed by atoms with E-state index in [2.05, 4.69) is 19.2 Å². The van der Waals surface area contributed by atoms with Gasteiger partial charge in [0, 0.05) is 11.4 Å². The predicted molar refractivity (Wildman–Crippen MR) is 69.9 cm³/mol. The van der Waals surface area contributed by atoms with Gasteiger partial charge in [-0.25, -0.2) is 4.79 Å². The number of nitrogens with two attached hydrogens (primary N) is 1. The molecule has 0 heterocycles. The first-order chi connectivity index (χ1) is 8.11. The van der Waals surface area contributed by atoms with Gasteiger partial charge in [0.25, 0.3) is 0 Å². The Morgan fingerprint density at radius 1 is 1.41 bits per heavy atom. The summed E-state index contributed by atoms with van der Waals surface area (Å²) in [6.45, 7) is 4.64. The molecule has 0 bridgehead atoms. The Morgan fingerprint density at radius 3 is 2.65 bits per heavy atom. The van der Waals surface area contributed by atoms with Crippen LogP contribution in [-0.4, -0.2) is 12.7 Å². The van der Waals surface area contributed by atoms with Crippen molar-refractivity contribution < 1.29 is 9.53 Å². The largest absolute Gasteiger partial charge is 0.449 e. The maximum Gasteiger partial charge on any atom is 0.411 e. The highest BCUT2D eigenvalue weighted by Crippen LogP contribution is 2.11. The molecule has 1 atom stereocenters. The Labute approximate surface area is 102 Å². The number of nitrogens with one attached hydrogen (secondary N) is 1. The van der Waals surface area contributed by atoms with Gasteiger partial charge in [0.2, 0.25) is 0 Å². The van der Waals surface area contributed by atoms with E-state index in [4.69, 9.17) is 10.5 Å². The smallest absolute Gasteiger partial charge is 0.411 e. The highest BCUT2D eigenvalue weighted by Gasteiger charge is 2.06. The molecular weight excluding hydrogens is 216 g/mol. The van der Waals surface area contributed by atoms with E-state index < -0.39 is 6.09 Å². The fraction of sp³-hybridized carbons (Fsp3) is 0.462. The molecule has 0 aliphatic rings. The van der Waals surface area contributed by atoms with Crippen LogP contribution in [-0.2, 0) is 4.74 Å². The van der Waals surface area contributed by atoms with Crippen molar-refractivity contribution in [2.24, 2.45) is 5.92 Å². The lowest BCUT2D eigenvalue weighted by Crippen LogP contribution is -2.17. The molecule has 1 amide bonds. The highest BCUT2D eigenvalue weighted by molar-refractivity contribution is 5.84. The second kappa shape index (κ2) is 6.78. The average Bonchev–Trinajstić information content (AvgIpc) is 2.30. The van der Waals surface area contributed by atoms with Crippen molar-refractivity contribution in [3.63, 3.8) is 0 Å². The van der Waals surface area contributed by atoms with Gasteiger partial charge in [-0.1, -0.05) is 20.3 Å². The zero-order chi connectivity index (χ0) is 12.7. The minimum absolute atomic E-state index is 0.400. The number of amides is 1. The Morgan fingerprint density at radius 2 is 2.06 bits per heavy atom. The van der Waals surface area contributed by atoms with E-state index in [1.54, 1.807) is 24.3 Å². The molecule has 0 saturated heterocycles. The average molecular weight is 236 g/mol. The van der Waals surface area contributed by atoms with Crippen molar-refractivity contribution >= 4 is 17.5 Å². The summed E-state index contributed by atoms with van der Waals surface area (Å²) in [7, 11) is 0. The van der Waals surface area contributed by atoms with Crippen LogP contribution in [0.1, 0.15) is 26.7 Å². The van der Waals surface area contributed by atoms with E-state index in [0.29, 0.717) is 23.9 Å². The third kappa shape index (κ3) is 5.24. The summed E-state index contributed by atoms with van der Waals surface area (Å²) in [6.07, 6.45) is 1.75. The van der Waals surface area contributed by atoms with Crippen LogP contribution >= 0.6 is 0 Å². The molecule has 1 aromatic rings. The molecule has 0 spiro atoms.